The zero-order valence-corrected chi connectivity index (χ0v) is 11.1. The number of rotatable bonds is 4. The molecule has 0 aliphatic heterocycles. The van der Waals surface area contributed by atoms with Gasteiger partial charge in [0.25, 0.3) is 0 Å². The topological polar surface area (TPSA) is 37.3 Å². The monoisotopic (exact) mass is 318 g/mol. The Balaban J connectivity index is 2.76. The van der Waals surface area contributed by atoms with Gasteiger partial charge < -0.3 is 5.11 Å². The van der Waals surface area contributed by atoms with Crippen LogP contribution in [0.15, 0.2) is 24.3 Å². The number of hydrogen-bond acceptors (Lipinski definition) is 1. The molecule has 3 heteroatoms. The van der Waals surface area contributed by atoms with E-state index in [4.69, 9.17) is 5.11 Å². The molecule has 1 aromatic carbocycles. The summed E-state index contributed by atoms with van der Waals surface area (Å²) < 4.78 is 0.602. The zero-order valence-electron chi connectivity index (χ0n) is 8.90. The van der Waals surface area contributed by atoms with E-state index in [1.807, 2.05) is 24.3 Å². The second kappa shape index (κ2) is 5.49. The minimum absolute atomic E-state index is 0.420. The molecule has 2 unspecified atom stereocenters. The Morgan fingerprint density at radius 3 is 2.27 bits per heavy atom. The van der Waals surface area contributed by atoms with E-state index >= 15 is 0 Å². The quantitative estimate of drug-likeness (QED) is 0.683. The lowest BCUT2D eigenvalue weighted by Crippen LogP contribution is -2.07. The maximum Gasteiger partial charge on any atom is 0.310 e. The third-order valence-electron chi connectivity index (χ3n) is 2.37. The van der Waals surface area contributed by atoms with Crippen molar-refractivity contribution < 1.29 is 9.90 Å². The fourth-order valence-electron chi connectivity index (χ4n) is 1.41. The highest BCUT2D eigenvalue weighted by Crippen LogP contribution is 2.17. The molecule has 0 aliphatic carbocycles. The van der Waals surface area contributed by atoms with Crippen molar-refractivity contribution >= 4 is 28.6 Å². The van der Waals surface area contributed by atoms with Crippen LogP contribution in [0.25, 0.3) is 0 Å². The standard InChI is InChI=1S/C12H15IO2/c1-8(13)7-10-3-5-11(6-4-10)9(2)12(14)15/h3-6,8-9H,7H2,1-2H3,(H,14,15). The first-order valence-electron chi connectivity index (χ1n) is 4.96. The van der Waals surface area contributed by atoms with Gasteiger partial charge in [-0.25, -0.2) is 0 Å². The number of carboxylic acid groups (broad SMARTS) is 1. The fraction of sp³-hybridized carbons (Fsp3) is 0.417. The van der Waals surface area contributed by atoms with Crippen LogP contribution in [0.5, 0.6) is 0 Å². The van der Waals surface area contributed by atoms with Crippen molar-refractivity contribution in [3.8, 4) is 0 Å². The maximum absolute atomic E-state index is 10.8. The van der Waals surface area contributed by atoms with E-state index < -0.39 is 11.9 Å². The third kappa shape index (κ3) is 3.81. The lowest BCUT2D eigenvalue weighted by atomic mass is 9.99. The second-order valence-electron chi connectivity index (χ2n) is 3.79. The van der Waals surface area contributed by atoms with Crippen LogP contribution < -0.4 is 0 Å². The molecule has 2 atom stereocenters. The molecule has 0 amide bonds. The Kier molecular flexibility index (Phi) is 4.57. The van der Waals surface area contributed by atoms with E-state index in [9.17, 15) is 4.79 Å². The molecule has 0 radical (unpaired) electrons. The Morgan fingerprint density at radius 1 is 1.33 bits per heavy atom. The van der Waals surface area contributed by atoms with E-state index in [2.05, 4.69) is 29.5 Å². The fourth-order valence-corrected chi connectivity index (χ4v) is 1.92. The molecule has 0 fully saturated rings. The van der Waals surface area contributed by atoms with Crippen LogP contribution in [-0.4, -0.2) is 15.0 Å². The molecule has 0 aromatic heterocycles. The minimum Gasteiger partial charge on any atom is -0.481 e. The summed E-state index contributed by atoms with van der Waals surface area (Å²) in [7, 11) is 0. The summed E-state index contributed by atoms with van der Waals surface area (Å²) in [5, 5.41) is 8.85. The van der Waals surface area contributed by atoms with Crippen LogP contribution in [0.4, 0.5) is 0 Å². The number of hydrogen-bond donors (Lipinski definition) is 1. The first-order valence-corrected chi connectivity index (χ1v) is 6.21. The Morgan fingerprint density at radius 2 is 1.87 bits per heavy atom. The molecule has 82 valence electrons. The molecular weight excluding hydrogens is 303 g/mol. The molecule has 15 heavy (non-hydrogen) atoms. The normalized spacial score (nSPS) is 14.6. The van der Waals surface area contributed by atoms with Crippen molar-refractivity contribution in [3.63, 3.8) is 0 Å². The predicted molar refractivity (Wildman–Crippen MR) is 69.7 cm³/mol. The van der Waals surface area contributed by atoms with E-state index in [1.54, 1.807) is 6.92 Å². The van der Waals surface area contributed by atoms with Crippen molar-refractivity contribution in [1.82, 2.24) is 0 Å². The summed E-state index contributed by atoms with van der Waals surface area (Å²) in [4.78, 5) is 10.8. The van der Waals surface area contributed by atoms with Crippen molar-refractivity contribution in [2.45, 2.75) is 30.1 Å². The molecule has 2 nitrogen and oxygen atoms in total. The van der Waals surface area contributed by atoms with Crippen molar-refractivity contribution in [3.05, 3.63) is 35.4 Å². The summed E-state index contributed by atoms with van der Waals surface area (Å²) in [6, 6.07) is 7.86. The summed E-state index contributed by atoms with van der Waals surface area (Å²) in [6.45, 7) is 3.87. The van der Waals surface area contributed by atoms with Crippen LogP contribution in [0.1, 0.15) is 30.9 Å². The number of carbonyl (C=O) groups is 1. The number of carboxylic acids is 1. The average molecular weight is 318 g/mol. The molecule has 0 aliphatic rings. The zero-order chi connectivity index (χ0) is 11.4. The van der Waals surface area contributed by atoms with Crippen LogP contribution in [0.3, 0.4) is 0 Å². The number of benzene rings is 1. The largest absolute Gasteiger partial charge is 0.481 e. The van der Waals surface area contributed by atoms with Gasteiger partial charge in [-0.05, 0) is 24.5 Å². The Hall–Kier alpha value is -0.580. The molecule has 1 N–H and O–H groups in total. The van der Waals surface area contributed by atoms with Gasteiger partial charge in [0, 0.05) is 3.92 Å². The number of aliphatic carboxylic acids is 1. The Bertz CT molecular complexity index is 330. The smallest absolute Gasteiger partial charge is 0.310 e. The minimum atomic E-state index is -0.773. The molecule has 0 saturated heterocycles. The molecular formula is C12H15IO2. The average Bonchev–Trinajstić information content (AvgIpc) is 2.17. The van der Waals surface area contributed by atoms with Crippen LogP contribution in [0, 0.1) is 0 Å². The SMILES string of the molecule is CC(I)Cc1ccc(C(C)C(=O)O)cc1. The lowest BCUT2D eigenvalue weighted by molar-refractivity contribution is -0.138. The number of halogens is 1. The summed E-state index contributed by atoms with van der Waals surface area (Å²) in [5.74, 6) is -1.19. The molecule has 0 saturated carbocycles. The van der Waals surface area contributed by atoms with E-state index in [-0.39, 0.29) is 0 Å². The van der Waals surface area contributed by atoms with E-state index in [0.717, 1.165) is 12.0 Å². The highest BCUT2D eigenvalue weighted by molar-refractivity contribution is 14.1. The second-order valence-corrected chi connectivity index (χ2v) is 5.91. The summed E-state index contributed by atoms with van der Waals surface area (Å²) in [5.41, 5.74) is 2.13. The van der Waals surface area contributed by atoms with Gasteiger partial charge >= 0.3 is 5.97 Å². The predicted octanol–water partition coefficient (Wildman–Crippen LogP) is 3.24. The van der Waals surface area contributed by atoms with Gasteiger partial charge in [0.2, 0.25) is 0 Å². The van der Waals surface area contributed by atoms with E-state index in [0.29, 0.717) is 3.92 Å². The van der Waals surface area contributed by atoms with Gasteiger partial charge in [0.05, 0.1) is 5.92 Å². The van der Waals surface area contributed by atoms with Crippen LogP contribution in [0.2, 0.25) is 0 Å². The van der Waals surface area contributed by atoms with Gasteiger partial charge in [-0.3, -0.25) is 4.79 Å². The molecule has 1 aromatic rings. The van der Waals surface area contributed by atoms with E-state index in [1.165, 1.54) is 5.56 Å². The van der Waals surface area contributed by atoms with Crippen LogP contribution in [-0.2, 0) is 11.2 Å². The molecule has 0 spiro atoms. The highest BCUT2D eigenvalue weighted by atomic mass is 127. The first kappa shape index (κ1) is 12.5. The number of alkyl halides is 1. The Labute approximate surface area is 104 Å². The maximum atomic E-state index is 10.8. The highest BCUT2D eigenvalue weighted by Gasteiger charge is 2.12. The molecule has 0 heterocycles. The van der Waals surface area contributed by atoms with Crippen LogP contribution >= 0.6 is 22.6 Å². The van der Waals surface area contributed by atoms with Gasteiger partial charge in [0.15, 0.2) is 0 Å². The van der Waals surface area contributed by atoms with Crippen molar-refractivity contribution in [2.75, 3.05) is 0 Å². The first-order chi connectivity index (χ1) is 7.00. The summed E-state index contributed by atoms with van der Waals surface area (Å²) >= 11 is 2.38. The van der Waals surface area contributed by atoms with Gasteiger partial charge in [-0.2, -0.15) is 0 Å². The third-order valence-corrected chi connectivity index (χ3v) is 2.81. The lowest BCUT2D eigenvalue weighted by Gasteiger charge is -2.08. The summed E-state index contributed by atoms with van der Waals surface area (Å²) in [6.07, 6.45) is 1.03. The molecule has 0 bridgehead atoms. The molecule has 1 rings (SSSR count). The van der Waals surface area contributed by atoms with Gasteiger partial charge in [-0.15, -0.1) is 0 Å². The van der Waals surface area contributed by atoms with Gasteiger partial charge in [-0.1, -0.05) is 53.8 Å². The van der Waals surface area contributed by atoms with Gasteiger partial charge in [0.1, 0.15) is 0 Å². The van der Waals surface area contributed by atoms with Crippen molar-refractivity contribution in [2.24, 2.45) is 0 Å². The van der Waals surface area contributed by atoms with Crippen molar-refractivity contribution in [1.29, 1.82) is 0 Å².